The SMILES string of the molecule is O=C(CNc1ccc(F)cc1)N1CCN(c2ccc(F)cc2)CC1. The number of carbonyl (C=O) groups excluding carboxylic acids is 1. The summed E-state index contributed by atoms with van der Waals surface area (Å²) in [6.45, 7) is 2.87. The number of hydrogen-bond acceptors (Lipinski definition) is 3. The largest absolute Gasteiger partial charge is 0.376 e. The molecule has 0 saturated carbocycles. The molecule has 1 amide bonds. The number of carbonyl (C=O) groups is 1. The van der Waals surface area contributed by atoms with E-state index in [9.17, 15) is 13.6 Å². The van der Waals surface area contributed by atoms with Gasteiger partial charge in [0.1, 0.15) is 11.6 Å². The van der Waals surface area contributed by atoms with Crippen molar-refractivity contribution in [2.24, 2.45) is 0 Å². The zero-order chi connectivity index (χ0) is 16.9. The van der Waals surface area contributed by atoms with Gasteiger partial charge in [-0.2, -0.15) is 0 Å². The van der Waals surface area contributed by atoms with Gasteiger partial charge in [0.15, 0.2) is 0 Å². The maximum Gasteiger partial charge on any atom is 0.241 e. The average Bonchev–Trinajstić information content (AvgIpc) is 2.62. The van der Waals surface area contributed by atoms with E-state index in [1.807, 2.05) is 0 Å². The highest BCUT2D eigenvalue weighted by atomic mass is 19.1. The van der Waals surface area contributed by atoms with E-state index in [4.69, 9.17) is 0 Å². The molecular weight excluding hydrogens is 312 g/mol. The molecular formula is C18H19F2N3O. The fourth-order valence-electron chi connectivity index (χ4n) is 2.72. The molecule has 0 atom stereocenters. The van der Waals surface area contributed by atoms with Gasteiger partial charge in [0.25, 0.3) is 0 Å². The van der Waals surface area contributed by atoms with Gasteiger partial charge in [-0.05, 0) is 48.5 Å². The van der Waals surface area contributed by atoms with Crippen LogP contribution in [0.2, 0.25) is 0 Å². The van der Waals surface area contributed by atoms with Crippen LogP contribution in [-0.2, 0) is 4.79 Å². The second kappa shape index (κ2) is 7.29. The van der Waals surface area contributed by atoms with Gasteiger partial charge in [-0.25, -0.2) is 8.78 Å². The van der Waals surface area contributed by atoms with Crippen LogP contribution in [0.1, 0.15) is 0 Å². The van der Waals surface area contributed by atoms with Crippen LogP contribution in [-0.4, -0.2) is 43.5 Å². The van der Waals surface area contributed by atoms with Crippen LogP contribution in [0.25, 0.3) is 0 Å². The first-order chi connectivity index (χ1) is 11.6. The van der Waals surface area contributed by atoms with Gasteiger partial charge < -0.3 is 15.1 Å². The number of nitrogens with zero attached hydrogens (tertiary/aromatic N) is 2. The molecule has 126 valence electrons. The first kappa shape index (κ1) is 16.2. The number of benzene rings is 2. The minimum Gasteiger partial charge on any atom is -0.376 e. The number of amides is 1. The molecule has 24 heavy (non-hydrogen) atoms. The van der Waals surface area contributed by atoms with Crippen molar-refractivity contribution < 1.29 is 13.6 Å². The highest BCUT2D eigenvalue weighted by Gasteiger charge is 2.21. The zero-order valence-electron chi connectivity index (χ0n) is 13.2. The Morgan fingerprint density at radius 3 is 2.00 bits per heavy atom. The van der Waals surface area contributed by atoms with Crippen molar-refractivity contribution in [3.63, 3.8) is 0 Å². The topological polar surface area (TPSA) is 35.6 Å². The lowest BCUT2D eigenvalue weighted by Gasteiger charge is -2.36. The number of piperazine rings is 1. The van der Waals surface area contributed by atoms with E-state index in [0.717, 1.165) is 11.4 Å². The summed E-state index contributed by atoms with van der Waals surface area (Å²) >= 11 is 0. The van der Waals surface area contributed by atoms with Crippen molar-refractivity contribution in [1.82, 2.24) is 4.90 Å². The van der Waals surface area contributed by atoms with E-state index < -0.39 is 0 Å². The first-order valence-electron chi connectivity index (χ1n) is 7.89. The van der Waals surface area contributed by atoms with E-state index in [1.54, 1.807) is 29.2 Å². The Balaban J connectivity index is 1.48. The van der Waals surface area contributed by atoms with Crippen LogP contribution >= 0.6 is 0 Å². The molecule has 1 saturated heterocycles. The van der Waals surface area contributed by atoms with Crippen LogP contribution in [0.15, 0.2) is 48.5 Å². The van der Waals surface area contributed by atoms with Crippen molar-refractivity contribution in [3.8, 4) is 0 Å². The Bertz CT molecular complexity index is 680. The Kier molecular flexibility index (Phi) is 4.93. The lowest BCUT2D eigenvalue weighted by Crippen LogP contribution is -2.50. The molecule has 0 aliphatic carbocycles. The van der Waals surface area contributed by atoms with E-state index in [0.29, 0.717) is 26.2 Å². The summed E-state index contributed by atoms with van der Waals surface area (Å²) in [6.07, 6.45) is 0. The molecule has 1 aliphatic heterocycles. The van der Waals surface area contributed by atoms with Gasteiger partial charge in [-0.1, -0.05) is 0 Å². The standard InChI is InChI=1S/C18H19F2N3O/c19-14-1-5-16(6-2-14)21-13-18(24)23-11-9-22(10-12-23)17-7-3-15(20)4-8-17/h1-8,21H,9-13H2. The molecule has 1 N–H and O–H groups in total. The van der Waals surface area contributed by atoms with Gasteiger partial charge >= 0.3 is 0 Å². The van der Waals surface area contributed by atoms with Gasteiger partial charge in [-0.15, -0.1) is 0 Å². The van der Waals surface area contributed by atoms with Crippen LogP contribution in [0.4, 0.5) is 20.2 Å². The minimum atomic E-state index is -0.302. The number of halogens is 2. The molecule has 0 aromatic heterocycles. The van der Waals surface area contributed by atoms with Gasteiger partial charge in [-0.3, -0.25) is 4.79 Å². The van der Waals surface area contributed by atoms with E-state index in [2.05, 4.69) is 10.2 Å². The minimum absolute atomic E-state index is 0.0121. The summed E-state index contributed by atoms with van der Waals surface area (Å²) < 4.78 is 25.8. The molecule has 2 aromatic carbocycles. The molecule has 3 rings (SSSR count). The third-order valence-corrected chi connectivity index (χ3v) is 4.11. The Labute approximate surface area is 139 Å². The molecule has 0 bridgehead atoms. The highest BCUT2D eigenvalue weighted by molar-refractivity contribution is 5.81. The van der Waals surface area contributed by atoms with Crippen molar-refractivity contribution in [3.05, 3.63) is 60.2 Å². The Hall–Kier alpha value is -2.63. The van der Waals surface area contributed by atoms with Gasteiger partial charge in [0.2, 0.25) is 5.91 Å². The Morgan fingerprint density at radius 2 is 1.42 bits per heavy atom. The lowest BCUT2D eigenvalue weighted by atomic mass is 10.2. The predicted octanol–water partition coefficient (Wildman–Crippen LogP) is 2.73. The lowest BCUT2D eigenvalue weighted by molar-refractivity contribution is -0.129. The van der Waals surface area contributed by atoms with Crippen LogP contribution in [0.5, 0.6) is 0 Å². The molecule has 2 aromatic rings. The van der Waals surface area contributed by atoms with Crippen LogP contribution in [0.3, 0.4) is 0 Å². The van der Waals surface area contributed by atoms with E-state index >= 15 is 0 Å². The second-order valence-electron chi connectivity index (χ2n) is 5.70. The molecule has 1 heterocycles. The molecule has 0 radical (unpaired) electrons. The fourth-order valence-corrected chi connectivity index (χ4v) is 2.72. The number of anilines is 2. The van der Waals surface area contributed by atoms with Gasteiger partial charge in [0, 0.05) is 37.6 Å². The van der Waals surface area contributed by atoms with Crippen molar-refractivity contribution in [1.29, 1.82) is 0 Å². The molecule has 1 aliphatic rings. The maximum absolute atomic E-state index is 13.0. The summed E-state index contributed by atoms with van der Waals surface area (Å²) in [5.41, 5.74) is 1.68. The summed E-state index contributed by atoms with van der Waals surface area (Å²) in [6, 6.07) is 12.3. The maximum atomic E-state index is 13.0. The fraction of sp³-hybridized carbons (Fsp3) is 0.278. The smallest absolute Gasteiger partial charge is 0.241 e. The normalized spacial score (nSPS) is 14.6. The summed E-state index contributed by atoms with van der Waals surface area (Å²) in [5.74, 6) is -0.540. The quantitative estimate of drug-likeness (QED) is 0.936. The first-order valence-corrected chi connectivity index (χ1v) is 7.89. The molecule has 0 unspecified atom stereocenters. The van der Waals surface area contributed by atoms with Crippen molar-refractivity contribution >= 4 is 17.3 Å². The van der Waals surface area contributed by atoms with Crippen LogP contribution < -0.4 is 10.2 Å². The van der Waals surface area contributed by atoms with Crippen LogP contribution in [0, 0.1) is 11.6 Å². The highest BCUT2D eigenvalue weighted by Crippen LogP contribution is 2.17. The molecule has 4 nitrogen and oxygen atoms in total. The molecule has 1 fully saturated rings. The summed E-state index contributed by atoms with van der Waals surface area (Å²) in [5, 5.41) is 3.00. The summed E-state index contributed by atoms with van der Waals surface area (Å²) in [7, 11) is 0. The van der Waals surface area contributed by atoms with Crippen molar-refractivity contribution in [2.75, 3.05) is 42.9 Å². The number of hydrogen-bond donors (Lipinski definition) is 1. The van der Waals surface area contributed by atoms with E-state index in [-0.39, 0.29) is 24.1 Å². The van der Waals surface area contributed by atoms with Crippen molar-refractivity contribution in [2.45, 2.75) is 0 Å². The average molecular weight is 331 g/mol. The monoisotopic (exact) mass is 331 g/mol. The summed E-state index contributed by atoms with van der Waals surface area (Å²) in [4.78, 5) is 16.2. The molecule has 6 heteroatoms. The Morgan fingerprint density at radius 1 is 0.875 bits per heavy atom. The van der Waals surface area contributed by atoms with Gasteiger partial charge in [0.05, 0.1) is 6.54 Å². The number of rotatable bonds is 4. The predicted molar refractivity (Wildman–Crippen MR) is 90.1 cm³/mol. The zero-order valence-corrected chi connectivity index (χ0v) is 13.2. The number of nitrogens with one attached hydrogen (secondary N) is 1. The van der Waals surface area contributed by atoms with E-state index in [1.165, 1.54) is 24.3 Å². The second-order valence-corrected chi connectivity index (χ2v) is 5.70. The molecule has 0 spiro atoms. The third kappa shape index (κ3) is 4.01. The third-order valence-electron chi connectivity index (χ3n) is 4.11.